The number of amides is 9. The van der Waals surface area contributed by atoms with Crippen molar-refractivity contribution in [1.82, 2.24) is 53.2 Å². The zero-order chi connectivity index (χ0) is 62.9. The third-order valence-corrected chi connectivity index (χ3v) is 14.3. The highest BCUT2D eigenvalue weighted by Gasteiger charge is 2.37. The van der Waals surface area contributed by atoms with Gasteiger partial charge in [0.25, 0.3) is 0 Å². The Bertz CT molecular complexity index is 2300. The van der Waals surface area contributed by atoms with E-state index >= 15 is 0 Å². The number of hydrogen-bond acceptors (Lipinski definition) is 16. The van der Waals surface area contributed by atoms with Crippen molar-refractivity contribution in [2.45, 2.75) is 173 Å². The molecule has 1 aromatic rings. The second-order valence-corrected chi connectivity index (χ2v) is 23.1. The second-order valence-electron chi connectivity index (χ2n) is 21.1. The molecule has 0 aromatic heterocycles. The minimum atomic E-state index is -1.76. The van der Waals surface area contributed by atoms with E-state index in [0.29, 0.717) is 30.0 Å². The Kier molecular flexibility index (Phi) is 35.5. The normalized spacial score (nSPS) is 15.1. The van der Waals surface area contributed by atoms with Crippen LogP contribution in [0.2, 0.25) is 0 Å². The summed E-state index contributed by atoms with van der Waals surface area (Å²) in [6.07, 6.45) is 1.88. The van der Waals surface area contributed by atoms with Crippen molar-refractivity contribution < 1.29 is 68.1 Å². The molecule has 0 spiro atoms. The van der Waals surface area contributed by atoms with Crippen LogP contribution in [-0.4, -0.2) is 184 Å². The van der Waals surface area contributed by atoms with Crippen LogP contribution in [0.15, 0.2) is 30.3 Å². The average molecular weight is 1210 g/mol. The standard InChI is InChI=1S/C54H91N13O14S2/c1-10-31(6)43(51(78)67-44(32(7)68)52(79)64-39(27-33-15-12-11-13-16-33)50(77)63-37(21-24-83-9)47(74)65-40(53(80)81)26-30(4)5)66-48(75)35(18-19-42(70)71)61-46(73)36(20-23-82-8)62-49(76)38(25-29(2)3)60-41(69)28-59-45(72)34(55)17-14-22-58-54(56)57/h11-13,15-16,29-32,34-40,43-44,68H,10,14,17-28,55H2,1-9H3,(H,59,72)(H,60,69)(H,61,73)(H,62,76)(H,63,77)(H,64,79)(H,65,74)(H,66,75)(H,67,78)(H,70,71)(H,80,81)(H4,56,57,58)/t31-,32+,34-,35-,36-,37-,38-,39-,40-,43-,44-/m0/s1. The van der Waals surface area contributed by atoms with Gasteiger partial charge in [0, 0.05) is 19.4 Å². The molecule has 9 amide bonds. The van der Waals surface area contributed by atoms with E-state index in [4.69, 9.17) is 16.9 Å². The maximum atomic E-state index is 14.3. The topological polar surface area (TPSA) is 445 Å². The van der Waals surface area contributed by atoms with Crippen LogP contribution in [0, 0.1) is 23.2 Å². The van der Waals surface area contributed by atoms with Crippen molar-refractivity contribution in [2.75, 3.05) is 37.1 Å². The molecule has 0 heterocycles. The molecular weight excluding hydrogens is 1120 g/mol. The summed E-state index contributed by atoms with van der Waals surface area (Å²) in [6.45, 7) is 11.4. The number of guanidine groups is 1. The molecular formula is C54H91N13O14S2. The molecule has 18 N–H and O–H groups in total. The van der Waals surface area contributed by atoms with E-state index in [0.717, 1.165) is 0 Å². The maximum absolute atomic E-state index is 14.3. The molecule has 27 nitrogen and oxygen atoms in total. The Labute approximate surface area is 494 Å². The molecule has 0 saturated carbocycles. The van der Waals surface area contributed by atoms with Gasteiger partial charge in [-0.1, -0.05) is 78.3 Å². The third-order valence-electron chi connectivity index (χ3n) is 13.0. The predicted molar refractivity (Wildman–Crippen MR) is 316 cm³/mol. The second kappa shape index (κ2) is 39.7. The van der Waals surface area contributed by atoms with Crippen molar-refractivity contribution in [3.8, 4) is 0 Å². The van der Waals surface area contributed by atoms with Crippen molar-refractivity contribution in [3.63, 3.8) is 0 Å². The van der Waals surface area contributed by atoms with Crippen molar-refractivity contribution in [2.24, 2.45) is 29.2 Å². The predicted octanol–water partition coefficient (Wildman–Crippen LogP) is -1.21. The van der Waals surface area contributed by atoms with E-state index in [1.807, 2.05) is 0 Å². The first-order valence-electron chi connectivity index (χ1n) is 27.7. The highest BCUT2D eigenvalue weighted by molar-refractivity contribution is 7.98. The van der Waals surface area contributed by atoms with E-state index < -0.39 is 151 Å². The summed E-state index contributed by atoms with van der Waals surface area (Å²) in [5, 5.41) is 63.3. The molecule has 1 rings (SSSR count). The number of aliphatic hydroxyl groups excluding tert-OH is 1. The fraction of sp³-hybridized carbons (Fsp3) is 0.667. The Balaban J connectivity index is 3.47. The molecule has 11 atom stereocenters. The molecule has 0 aliphatic heterocycles. The summed E-state index contributed by atoms with van der Waals surface area (Å²) in [5.41, 5.74) is 11.8. The van der Waals surface area contributed by atoms with Crippen molar-refractivity contribution >= 4 is 94.6 Å². The van der Waals surface area contributed by atoms with Crippen LogP contribution in [0.5, 0.6) is 0 Å². The number of hydrogen-bond donors (Lipinski definition) is 16. The van der Waals surface area contributed by atoms with Crippen LogP contribution < -0.4 is 64.6 Å². The number of thioether (sulfide) groups is 2. The minimum Gasteiger partial charge on any atom is -0.481 e. The Morgan fingerprint density at radius 3 is 1.51 bits per heavy atom. The highest BCUT2D eigenvalue weighted by Crippen LogP contribution is 2.14. The van der Waals surface area contributed by atoms with Gasteiger partial charge in [-0.05, 0) is 99.2 Å². The van der Waals surface area contributed by atoms with Gasteiger partial charge in [0.2, 0.25) is 53.2 Å². The van der Waals surface area contributed by atoms with Crippen LogP contribution in [0.4, 0.5) is 0 Å². The van der Waals surface area contributed by atoms with Crippen LogP contribution in [0.1, 0.15) is 112 Å². The molecule has 0 unspecified atom stereocenters. The number of carboxylic acid groups (broad SMARTS) is 2. The monoisotopic (exact) mass is 1210 g/mol. The molecule has 0 aliphatic carbocycles. The average Bonchev–Trinajstić information content (AvgIpc) is 3.51. The number of aliphatic carboxylic acids is 2. The van der Waals surface area contributed by atoms with E-state index in [1.165, 1.54) is 30.4 Å². The minimum absolute atomic E-state index is 0.0123. The molecule has 1 aromatic carbocycles. The van der Waals surface area contributed by atoms with Crippen LogP contribution in [0.3, 0.4) is 0 Å². The summed E-state index contributed by atoms with van der Waals surface area (Å²) in [5.74, 6) is -10.7. The van der Waals surface area contributed by atoms with Gasteiger partial charge >= 0.3 is 11.9 Å². The first kappa shape index (κ1) is 74.3. The summed E-state index contributed by atoms with van der Waals surface area (Å²) in [6, 6.07) is -3.75. The zero-order valence-corrected chi connectivity index (χ0v) is 50.7. The number of rotatable bonds is 41. The lowest BCUT2D eigenvalue weighted by atomic mass is 9.96. The van der Waals surface area contributed by atoms with Gasteiger partial charge in [-0.2, -0.15) is 23.5 Å². The zero-order valence-electron chi connectivity index (χ0n) is 49.1. The van der Waals surface area contributed by atoms with Gasteiger partial charge in [0.1, 0.15) is 48.3 Å². The van der Waals surface area contributed by atoms with E-state index in [1.54, 1.807) is 84.4 Å². The number of nitrogens with two attached hydrogens (primary N) is 2. The largest absolute Gasteiger partial charge is 0.481 e. The molecule has 0 fully saturated rings. The first-order valence-corrected chi connectivity index (χ1v) is 30.5. The molecule has 0 bridgehead atoms. The van der Waals surface area contributed by atoms with Gasteiger partial charge in [0.15, 0.2) is 5.96 Å². The van der Waals surface area contributed by atoms with E-state index in [-0.39, 0.29) is 62.7 Å². The van der Waals surface area contributed by atoms with Crippen molar-refractivity contribution in [3.05, 3.63) is 35.9 Å². The number of aliphatic hydroxyl groups is 1. The van der Waals surface area contributed by atoms with Gasteiger partial charge in [-0.15, -0.1) is 0 Å². The van der Waals surface area contributed by atoms with E-state index in [9.17, 15) is 68.1 Å². The van der Waals surface area contributed by atoms with Gasteiger partial charge in [-0.25, -0.2) is 4.79 Å². The molecule has 0 saturated heterocycles. The SMILES string of the molecule is CC[C@H](C)[C@H](NC(=O)[C@H](CCC(=O)O)NC(=O)[C@H](CCSC)NC(=O)[C@H](CC(C)C)NC(=O)CNC(=O)[C@@H](N)CCCNC(=N)N)C(=O)N[C@H](C(=O)N[C@@H](Cc1ccccc1)C(=O)N[C@@H](CCSC)C(=O)N[C@@H](CC(C)C)C(=O)O)[C@@H](C)O. The summed E-state index contributed by atoms with van der Waals surface area (Å²) in [4.78, 5) is 148. The number of nitrogens with one attached hydrogen (secondary N) is 11. The van der Waals surface area contributed by atoms with Crippen LogP contribution >= 0.6 is 23.5 Å². The third kappa shape index (κ3) is 29.9. The molecule has 468 valence electrons. The fourth-order valence-corrected chi connectivity index (χ4v) is 9.12. The Morgan fingerprint density at radius 1 is 0.566 bits per heavy atom. The van der Waals surface area contributed by atoms with Crippen LogP contribution in [-0.2, 0) is 59.2 Å². The summed E-state index contributed by atoms with van der Waals surface area (Å²) < 4.78 is 0. The Hall–Kier alpha value is -6.72. The number of carboxylic acids is 2. The van der Waals surface area contributed by atoms with Gasteiger partial charge in [-0.3, -0.25) is 53.4 Å². The lowest BCUT2D eigenvalue weighted by molar-refractivity contribution is -0.143. The molecule has 0 radical (unpaired) electrons. The maximum Gasteiger partial charge on any atom is 0.326 e. The lowest BCUT2D eigenvalue weighted by Crippen LogP contribution is -2.63. The number of carbonyl (C=O) groups excluding carboxylic acids is 9. The summed E-state index contributed by atoms with van der Waals surface area (Å²) >= 11 is 2.71. The quantitative estimate of drug-likeness (QED) is 0.0208. The highest BCUT2D eigenvalue weighted by atomic mass is 32.2. The molecule has 0 aliphatic rings. The molecule has 29 heteroatoms. The van der Waals surface area contributed by atoms with Crippen LogP contribution in [0.25, 0.3) is 0 Å². The van der Waals surface area contributed by atoms with Gasteiger partial charge < -0.3 is 80.0 Å². The number of carbonyl (C=O) groups is 11. The lowest BCUT2D eigenvalue weighted by Gasteiger charge is -2.30. The number of benzene rings is 1. The molecule has 83 heavy (non-hydrogen) atoms. The van der Waals surface area contributed by atoms with Crippen molar-refractivity contribution in [1.29, 1.82) is 5.41 Å². The fourth-order valence-electron chi connectivity index (χ4n) is 8.18. The summed E-state index contributed by atoms with van der Waals surface area (Å²) in [7, 11) is 0. The Morgan fingerprint density at radius 2 is 1.02 bits per heavy atom. The van der Waals surface area contributed by atoms with Gasteiger partial charge in [0.05, 0.1) is 18.7 Å². The first-order chi connectivity index (χ1) is 39.0. The van der Waals surface area contributed by atoms with E-state index in [2.05, 4.69) is 53.2 Å². The smallest absolute Gasteiger partial charge is 0.326 e.